The Labute approximate surface area is 343 Å². The molecule has 0 radical (unpaired) electrons. The Hall–Kier alpha value is -6.92. The van der Waals surface area contributed by atoms with Crippen LogP contribution in [0.2, 0.25) is 0 Å². The van der Waals surface area contributed by atoms with Gasteiger partial charge in [-0.05, 0) is 112 Å². The van der Waals surface area contributed by atoms with Crippen LogP contribution in [0.3, 0.4) is 0 Å². The highest BCUT2D eigenvalue weighted by Crippen LogP contribution is 2.34. The molecule has 4 aromatic carbocycles. The number of hydrogen-bond donors (Lipinski definition) is 2. The first-order chi connectivity index (χ1) is 28.7. The number of carbonyl (C=O) groups excluding carboxylic acids is 3. The van der Waals surface area contributed by atoms with Crippen molar-refractivity contribution >= 4 is 34.9 Å². The highest BCUT2D eigenvalue weighted by molar-refractivity contribution is 5.98. The smallest absolute Gasteiger partial charge is 0.335 e. The number of carboxylic acid groups (broad SMARTS) is 1. The molecule has 0 bridgehead atoms. The highest BCUT2D eigenvalue weighted by Gasteiger charge is 2.25. The molecule has 2 amide bonds. The zero-order valence-corrected chi connectivity index (χ0v) is 33.3. The summed E-state index contributed by atoms with van der Waals surface area (Å²) in [6, 6.07) is 30.6. The summed E-state index contributed by atoms with van der Waals surface area (Å²) in [7, 11) is 0. The normalized spacial score (nSPS) is 12.3. The molecular formula is C47H47N7O5. The molecule has 2 aromatic heterocycles. The van der Waals surface area contributed by atoms with Crippen LogP contribution in [0.25, 0.3) is 22.3 Å². The summed E-state index contributed by atoms with van der Waals surface area (Å²) < 4.78 is 0. The maximum absolute atomic E-state index is 12.5. The molecule has 0 fully saturated rings. The molecule has 3 N–H and O–H groups in total. The van der Waals surface area contributed by atoms with Crippen molar-refractivity contribution in [3.8, 4) is 22.3 Å². The SMILES string of the molecule is CCC(=O)N1CCc2cc(-c3ccc(C(=O)CCc4ccnnc4)cc3)ccc21.CCC(=O)N1CCc2cc(-c3ccc(C(=O)O)cc3)ccc21.NCc1ccnnc1. The molecular weight excluding hydrogens is 743 g/mol. The van der Waals surface area contributed by atoms with Gasteiger partial charge in [-0.2, -0.15) is 20.4 Å². The highest BCUT2D eigenvalue weighted by atomic mass is 16.4. The second kappa shape index (κ2) is 20.0. The minimum atomic E-state index is -0.922. The van der Waals surface area contributed by atoms with Gasteiger partial charge >= 0.3 is 5.97 Å². The number of hydrogen-bond acceptors (Lipinski definition) is 9. The summed E-state index contributed by atoms with van der Waals surface area (Å²) in [6.45, 7) is 5.80. The average molecular weight is 790 g/mol. The molecule has 4 heterocycles. The fraction of sp³-hybridized carbons (Fsp3) is 0.234. The van der Waals surface area contributed by atoms with E-state index in [0.29, 0.717) is 32.2 Å². The van der Waals surface area contributed by atoms with Crippen LogP contribution >= 0.6 is 0 Å². The number of benzene rings is 4. The van der Waals surface area contributed by atoms with Crippen molar-refractivity contribution in [1.29, 1.82) is 0 Å². The van der Waals surface area contributed by atoms with Gasteiger partial charge in [-0.1, -0.05) is 62.4 Å². The topological polar surface area (TPSA) is 173 Å². The predicted octanol–water partition coefficient (Wildman–Crippen LogP) is 7.54. The lowest BCUT2D eigenvalue weighted by molar-refractivity contribution is -0.119. The van der Waals surface area contributed by atoms with E-state index < -0.39 is 5.97 Å². The number of carboxylic acids is 1. The van der Waals surface area contributed by atoms with Crippen molar-refractivity contribution in [3.05, 3.63) is 155 Å². The van der Waals surface area contributed by atoms with E-state index in [-0.39, 0.29) is 23.2 Å². The van der Waals surface area contributed by atoms with E-state index in [9.17, 15) is 19.2 Å². The van der Waals surface area contributed by atoms with Crippen molar-refractivity contribution < 1.29 is 24.3 Å². The molecule has 300 valence electrons. The fourth-order valence-electron chi connectivity index (χ4n) is 7.02. The molecule has 0 unspecified atom stereocenters. The van der Waals surface area contributed by atoms with Gasteiger partial charge in [-0.15, -0.1) is 0 Å². The number of carbonyl (C=O) groups is 4. The Balaban J connectivity index is 0.000000171. The van der Waals surface area contributed by atoms with E-state index in [2.05, 4.69) is 32.5 Å². The van der Waals surface area contributed by atoms with E-state index in [4.69, 9.17) is 10.8 Å². The molecule has 6 aromatic rings. The first-order valence-electron chi connectivity index (χ1n) is 19.7. The van der Waals surface area contributed by atoms with Gasteiger partial charge in [0, 0.05) is 68.2 Å². The second-order valence-corrected chi connectivity index (χ2v) is 14.1. The number of Topliss-reactive ketones (excluding diaryl/α,β-unsaturated/α-hetero) is 1. The molecule has 0 spiro atoms. The molecule has 2 aliphatic rings. The van der Waals surface area contributed by atoms with Crippen molar-refractivity contribution in [2.24, 2.45) is 5.73 Å². The van der Waals surface area contributed by atoms with E-state index in [1.54, 1.807) is 36.9 Å². The molecule has 2 aliphatic heterocycles. The molecule has 12 heteroatoms. The molecule has 12 nitrogen and oxygen atoms in total. The lowest BCUT2D eigenvalue weighted by Gasteiger charge is -2.16. The van der Waals surface area contributed by atoms with E-state index in [0.717, 1.165) is 76.3 Å². The molecule has 59 heavy (non-hydrogen) atoms. The first kappa shape index (κ1) is 41.7. The minimum absolute atomic E-state index is 0.121. The van der Waals surface area contributed by atoms with Gasteiger partial charge in [0.2, 0.25) is 11.8 Å². The number of rotatable bonds is 10. The summed E-state index contributed by atoms with van der Waals surface area (Å²) in [4.78, 5) is 51.0. The molecule has 0 saturated heterocycles. The number of aromatic nitrogens is 4. The Kier molecular flexibility index (Phi) is 14.1. The standard InChI is InChI=1S/C24H23N3O2.C18H17NO3.C5H7N3/c1-2-24(29)27-14-12-21-15-20(8-9-22(21)27)18-4-6-19(7-5-18)23(28)10-3-17-11-13-25-26-16-17;1-2-17(20)19-10-9-15-11-14(7-8-16(15)19)12-3-5-13(6-4-12)18(21)22;6-3-5-1-2-7-8-4-5/h4-9,11,13,15-16H,2-3,10,12,14H2,1H3;3-8,11H,2,9-10H2,1H3,(H,21,22);1-2,4H,3,6H2. The number of anilines is 2. The number of nitrogens with zero attached hydrogens (tertiary/aromatic N) is 6. The summed E-state index contributed by atoms with van der Waals surface area (Å²) in [6.07, 6.45) is 10.5. The third kappa shape index (κ3) is 10.5. The van der Waals surface area contributed by atoms with Crippen LogP contribution in [0.4, 0.5) is 11.4 Å². The predicted molar refractivity (Wildman–Crippen MR) is 228 cm³/mol. The summed E-state index contributed by atoms with van der Waals surface area (Å²) >= 11 is 0. The molecule has 8 rings (SSSR count). The van der Waals surface area contributed by atoms with Crippen molar-refractivity contribution in [2.45, 2.75) is 58.9 Å². The van der Waals surface area contributed by atoms with Gasteiger partial charge in [0.1, 0.15) is 0 Å². The Morgan fingerprint density at radius 3 is 1.46 bits per heavy atom. The maximum atomic E-state index is 12.5. The summed E-state index contributed by atoms with van der Waals surface area (Å²) in [5.41, 5.74) is 16.9. The number of aromatic carboxylic acids is 1. The van der Waals surface area contributed by atoms with Crippen LogP contribution < -0.4 is 15.5 Å². The Bertz CT molecular complexity index is 2390. The van der Waals surface area contributed by atoms with Gasteiger partial charge in [-0.3, -0.25) is 14.4 Å². The Morgan fingerprint density at radius 2 is 1.05 bits per heavy atom. The van der Waals surface area contributed by atoms with Gasteiger partial charge in [0.15, 0.2) is 5.78 Å². The van der Waals surface area contributed by atoms with Crippen LogP contribution in [-0.2, 0) is 35.4 Å². The minimum Gasteiger partial charge on any atom is -0.478 e. The number of nitrogens with two attached hydrogens (primary N) is 1. The van der Waals surface area contributed by atoms with Gasteiger partial charge in [0.05, 0.1) is 18.0 Å². The van der Waals surface area contributed by atoms with Crippen molar-refractivity contribution in [3.63, 3.8) is 0 Å². The van der Waals surface area contributed by atoms with Crippen LogP contribution in [0.15, 0.2) is 122 Å². The number of fused-ring (bicyclic) bond motifs is 2. The Morgan fingerprint density at radius 1 is 0.593 bits per heavy atom. The maximum Gasteiger partial charge on any atom is 0.335 e. The van der Waals surface area contributed by atoms with E-state index in [1.807, 2.05) is 96.4 Å². The lowest BCUT2D eigenvalue weighted by atomic mass is 9.98. The molecule has 0 atom stereocenters. The van der Waals surface area contributed by atoms with Crippen molar-refractivity contribution in [1.82, 2.24) is 20.4 Å². The molecule has 0 aliphatic carbocycles. The van der Waals surface area contributed by atoms with E-state index in [1.165, 1.54) is 11.1 Å². The van der Waals surface area contributed by atoms with E-state index >= 15 is 0 Å². The van der Waals surface area contributed by atoms with Crippen LogP contribution in [0.1, 0.15) is 76.1 Å². The van der Waals surface area contributed by atoms with Gasteiger partial charge < -0.3 is 20.6 Å². The van der Waals surface area contributed by atoms with Crippen LogP contribution in [-0.4, -0.2) is 62.2 Å². The second-order valence-electron chi connectivity index (χ2n) is 14.1. The van der Waals surface area contributed by atoms with Crippen LogP contribution in [0.5, 0.6) is 0 Å². The third-order valence-corrected chi connectivity index (χ3v) is 10.3. The summed E-state index contributed by atoms with van der Waals surface area (Å²) in [5, 5.41) is 23.7. The van der Waals surface area contributed by atoms with Crippen LogP contribution in [0, 0.1) is 0 Å². The third-order valence-electron chi connectivity index (χ3n) is 10.3. The largest absolute Gasteiger partial charge is 0.478 e. The quantitative estimate of drug-likeness (QED) is 0.132. The van der Waals surface area contributed by atoms with Gasteiger partial charge in [0.25, 0.3) is 0 Å². The number of aryl methyl sites for hydroxylation is 1. The van der Waals surface area contributed by atoms with Gasteiger partial charge in [-0.25, -0.2) is 4.79 Å². The fourth-order valence-corrected chi connectivity index (χ4v) is 7.02. The average Bonchev–Trinajstić information content (AvgIpc) is 3.93. The van der Waals surface area contributed by atoms with Crippen molar-refractivity contribution in [2.75, 3.05) is 22.9 Å². The summed E-state index contributed by atoms with van der Waals surface area (Å²) in [5.74, 6) is -0.482. The lowest BCUT2D eigenvalue weighted by Crippen LogP contribution is -2.27. The monoisotopic (exact) mass is 789 g/mol. The first-order valence-corrected chi connectivity index (χ1v) is 19.7. The zero-order chi connectivity index (χ0) is 41.7. The number of ketones is 1. The number of amides is 2. The zero-order valence-electron chi connectivity index (χ0n) is 33.3. The molecule has 0 saturated carbocycles.